The van der Waals surface area contributed by atoms with Gasteiger partial charge in [-0.1, -0.05) is 36.4 Å². The quantitative estimate of drug-likeness (QED) is 0.0340. The summed E-state index contributed by atoms with van der Waals surface area (Å²) < 4.78 is 14.2. The summed E-state index contributed by atoms with van der Waals surface area (Å²) in [6, 6.07) is 41.4. The molecular formula is C37H31I3N10O2. The Balaban J connectivity index is 0.000000251. The Morgan fingerprint density at radius 2 is 1.02 bits per heavy atom. The third kappa shape index (κ3) is 19.7. The first-order valence-corrected chi connectivity index (χ1v) is 18.0. The van der Waals surface area contributed by atoms with Crippen LogP contribution in [0.25, 0.3) is 0 Å². The Labute approximate surface area is 343 Å². The number of anilines is 1. The van der Waals surface area contributed by atoms with Crippen LogP contribution in [0.5, 0.6) is 11.5 Å². The summed E-state index contributed by atoms with van der Waals surface area (Å²) in [5.41, 5.74) is 13.1. The maximum Gasteiger partial charge on any atom is 0.309 e. The molecule has 5 aromatic carbocycles. The molecule has 52 heavy (non-hydrogen) atoms. The van der Waals surface area contributed by atoms with Crippen LogP contribution in [0.2, 0.25) is 0 Å². The smallest absolute Gasteiger partial charge is 0.309 e. The van der Waals surface area contributed by atoms with Crippen LogP contribution in [0, 0.1) is 45.1 Å². The van der Waals surface area contributed by atoms with Gasteiger partial charge in [-0.05, 0) is 165 Å². The normalized spacial score (nSPS) is 10.4. The number of nitrogens with one attached hydrogen (secondary N) is 2. The highest BCUT2D eigenvalue weighted by Crippen LogP contribution is 2.16. The molecule has 0 atom stereocenters. The summed E-state index contributed by atoms with van der Waals surface area (Å²) in [5, 5.41) is 29.8. The fourth-order valence-corrected chi connectivity index (χ4v) is 4.39. The summed E-state index contributed by atoms with van der Waals surface area (Å²) >= 11 is 6.66. The molecule has 15 heteroatoms. The van der Waals surface area contributed by atoms with E-state index in [9.17, 15) is 0 Å². The van der Waals surface area contributed by atoms with Crippen molar-refractivity contribution in [3.8, 4) is 30.1 Å². The number of benzene rings is 5. The van der Waals surface area contributed by atoms with Crippen molar-refractivity contribution in [2.24, 2.45) is 20.7 Å². The summed E-state index contributed by atoms with van der Waals surface area (Å²) in [7, 11) is 0. The molecule has 0 aliphatic heterocycles. The number of amidine groups is 1. The van der Waals surface area contributed by atoms with Crippen molar-refractivity contribution < 1.29 is 9.47 Å². The summed E-state index contributed by atoms with van der Waals surface area (Å²) in [6.45, 7) is 1.64. The van der Waals surface area contributed by atoms with E-state index in [2.05, 4.69) is 93.4 Å². The molecule has 5 aromatic rings. The molecule has 0 aliphatic carbocycles. The van der Waals surface area contributed by atoms with E-state index in [1.54, 1.807) is 43.6 Å². The average molecular weight is 1030 g/mol. The first-order valence-electron chi connectivity index (χ1n) is 14.8. The molecule has 0 heterocycles. The number of ether oxygens (including phenoxy) is 2. The van der Waals surface area contributed by atoms with E-state index >= 15 is 0 Å². The highest BCUT2D eigenvalue weighted by molar-refractivity contribution is 14.1. The van der Waals surface area contributed by atoms with Gasteiger partial charge in [0.25, 0.3) is 0 Å². The topological polar surface area (TPSA) is 203 Å². The zero-order valence-electron chi connectivity index (χ0n) is 27.5. The number of hydrogen-bond donors (Lipinski definition) is 4. The van der Waals surface area contributed by atoms with E-state index in [4.69, 9.17) is 36.7 Å². The highest BCUT2D eigenvalue weighted by Gasteiger charge is 2.02. The van der Waals surface area contributed by atoms with Crippen LogP contribution in [-0.2, 0) is 0 Å². The number of hydrogen-bond acceptors (Lipinski definition) is 9. The molecule has 262 valence electrons. The number of nitrogens with two attached hydrogens (primary N) is 2. The minimum absolute atomic E-state index is 0.101. The Hall–Kier alpha value is -5.43. The minimum atomic E-state index is 0.101. The third-order valence-corrected chi connectivity index (χ3v) is 7.68. The zero-order valence-corrected chi connectivity index (χ0v) is 34.0. The van der Waals surface area contributed by atoms with Crippen LogP contribution in [-0.4, -0.2) is 17.9 Å². The molecule has 0 saturated carbocycles. The van der Waals surface area contributed by atoms with Gasteiger partial charge in [0.2, 0.25) is 18.1 Å². The van der Waals surface area contributed by atoms with Gasteiger partial charge in [-0.25, -0.2) is 10.3 Å². The second-order valence-corrected chi connectivity index (χ2v) is 13.2. The lowest BCUT2D eigenvalue weighted by Gasteiger charge is -2.06. The van der Waals surface area contributed by atoms with Gasteiger partial charge in [0.1, 0.15) is 11.5 Å². The Morgan fingerprint density at radius 3 is 1.44 bits per heavy atom. The molecule has 6 N–H and O–H groups in total. The van der Waals surface area contributed by atoms with Crippen molar-refractivity contribution >= 4 is 103 Å². The number of rotatable bonds is 4. The molecule has 0 fully saturated rings. The highest BCUT2D eigenvalue weighted by atomic mass is 127. The SMILES string of the molecule is CC(=NC#N)Oc1ccccc1.N#CNC(=Nc1ccc(I)cc1)Oc1ccccc1.N#CNC(N)=Nc1ccc(I)cc1.Nc1ccc(I)cc1. The average Bonchev–Trinajstić information content (AvgIpc) is 3.13. The predicted molar refractivity (Wildman–Crippen MR) is 231 cm³/mol. The third-order valence-electron chi connectivity index (χ3n) is 5.52. The molecule has 0 radical (unpaired) electrons. The standard InChI is InChI=1S/C14H10IN3O.C9H8N2O.C8H7IN4.C6H6IN/c15-11-6-8-12(9-7-11)18-14(17-10-16)19-13-4-2-1-3-5-13;1-8(11-7-10)12-9-5-3-2-4-6-9;9-6-1-3-7(4-2-6)13-8(11)12-5-10;7-5-1-3-6(8)4-2-5/h1-9H,(H,17,18);2-6H,1H3;1-4H,(H3,11,12,13);1-4H,8H2. The fourth-order valence-electron chi connectivity index (χ4n) is 3.31. The Bertz CT molecular complexity index is 1990. The van der Waals surface area contributed by atoms with Gasteiger partial charge in [-0.2, -0.15) is 20.8 Å². The van der Waals surface area contributed by atoms with E-state index in [0.717, 1.165) is 18.5 Å². The maximum atomic E-state index is 8.71. The maximum absolute atomic E-state index is 8.71. The van der Waals surface area contributed by atoms with Gasteiger partial charge in [0.15, 0.2) is 12.4 Å². The lowest BCUT2D eigenvalue weighted by Crippen LogP contribution is -2.26. The van der Waals surface area contributed by atoms with Crippen LogP contribution in [0.3, 0.4) is 0 Å². The number of nitrogens with zero attached hydrogens (tertiary/aromatic N) is 6. The van der Waals surface area contributed by atoms with E-state index in [-0.39, 0.29) is 12.0 Å². The molecular weight excluding hydrogens is 997 g/mol. The molecule has 0 amide bonds. The van der Waals surface area contributed by atoms with Crippen LogP contribution >= 0.6 is 67.8 Å². The van der Waals surface area contributed by atoms with Gasteiger partial charge in [0, 0.05) is 23.3 Å². The number of aliphatic imine (C=N–C) groups is 3. The molecule has 0 spiro atoms. The van der Waals surface area contributed by atoms with Crippen LogP contribution < -0.4 is 31.6 Å². The first-order chi connectivity index (χ1) is 25.1. The zero-order chi connectivity index (χ0) is 38.0. The van der Waals surface area contributed by atoms with Gasteiger partial charge >= 0.3 is 6.02 Å². The number of para-hydroxylation sites is 2. The molecule has 0 aliphatic rings. The molecule has 5 rings (SSSR count). The molecule has 0 aromatic heterocycles. The van der Waals surface area contributed by atoms with Crippen LogP contribution in [0.15, 0.2) is 148 Å². The largest absolute Gasteiger partial charge is 0.443 e. The summed E-state index contributed by atoms with van der Waals surface area (Å²) in [5.74, 6) is 1.76. The first kappa shape index (κ1) is 42.7. The van der Waals surface area contributed by atoms with Crippen molar-refractivity contribution in [3.63, 3.8) is 0 Å². The van der Waals surface area contributed by atoms with Crippen molar-refractivity contribution in [1.29, 1.82) is 15.8 Å². The van der Waals surface area contributed by atoms with Crippen LogP contribution in [0.4, 0.5) is 17.1 Å². The van der Waals surface area contributed by atoms with Gasteiger partial charge in [-0.3, -0.25) is 5.32 Å². The van der Waals surface area contributed by atoms with Crippen molar-refractivity contribution in [1.82, 2.24) is 10.6 Å². The lowest BCUT2D eigenvalue weighted by molar-refractivity contribution is 0.531. The fraction of sp³-hybridized carbons (Fsp3) is 0.0270. The molecule has 0 bridgehead atoms. The minimum Gasteiger partial charge on any atom is -0.443 e. The lowest BCUT2D eigenvalue weighted by atomic mass is 10.3. The Kier molecular flexibility index (Phi) is 21.0. The Morgan fingerprint density at radius 1 is 0.596 bits per heavy atom. The summed E-state index contributed by atoms with van der Waals surface area (Å²) in [4.78, 5) is 11.6. The predicted octanol–water partition coefficient (Wildman–Crippen LogP) is 8.57. The van der Waals surface area contributed by atoms with Gasteiger partial charge in [-0.15, -0.1) is 4.99 Å². The van der Waals surface area contributed by atoms with Gasteiger partial charge in [0.05, 0.1) is 11.4 Å². The second-order valence-electron chi connectivity index (χ2n) is 9.45. The van der Waals surface area contributed by atoms with Gasteiger partial charge < -0.3 is 20.9 Å². The van der Waals surface area contributed by atoms with E-state index in [0.29, 0.717) is 23.1 Å². The number of nitrogen functional groups attached to an aromatic ring is 1. The van der Waals surface area contributed by atoms with Crippen molar-refractivity contribution in [2.75, 3.05) is 5.73 Å². The van der Waals surface area contributed by atoms with E-state index in [1.807, 2.05) is 115 Å². The van der Waals surface area contributed by atoms with Crippen molar-refractivity contribution in [2.45, 2.75) is 6.92 Å². The molecule has 0 unspecified atom stereocenters. The van der Waals surface area contributed by atoms with E-state index < -0.39 is 0 Å². The monoisotopic (exact) mass is 1030 g/mol. The van der Waals surface area contributed by atoms with Crippen LogP contribution in [0.1, 0.15) is 6.92 Å². The second kappa shape index (κ2) is 25.5. The number of halogens is 3. The molecule has 0 saturated heterocycles. The summed E-state index contributed by atoms with van der Waals surface area (Å²) in [6.07, 6.45) is 5.15. The number of nitriles is 3. The van der Waals surface area contributed by atoms with Crippen molar-refractivity contribution in [3.05, 3.63) is 144 Å². The number of guanidine groups is 1. The molecule has 12 nitrogen and oxygen atoms in total. The van der Waals surface area contributed by atoms with E-state index in [1.165, 1.54) is 3.57 Å².